The van der Waals surface area contributed by atoms with Gasteiger partial charge in [0, 0.05) is 13.0 Å². The van der Waals surface area contributed by atoms with Crippen LogP contribution in [0.25, 0.3) is 11.4 Å². The number of thiazole rings is 1. The van der Waals surface area contributed by atoms with Crippen LogP contribution in [-0.4, -0.2) is 72.4 Å². The molecule has 1 amide bonds. The largest absolute Gasteiger partial charge is 0.485 e. The number of nitrogens with zero attached hydrogens (tertiary/aromatic N) is 6. The first-order valence-corrected chi connectivity index (χ1v) is 11.6. The minimum atomic E-state index is -1.52. The van der Waals surface area contributed by atoms with Crippen molar-refractivity contribution in [2.24, 2.45) is 0 Å². The van der Waals surface area contributed by atoms with Gasteiger partial charge in [-0.15, -0.1) is 11.3 Å². The molecule has 1 aromatic carbocycles. The molecule has 1 aliphatic rings. The van der Waals surface area contributed by atoms with E-state index in [1.807, 2.05) is 0 Å². The molecular weight excluding hydrogens is 477 g/mol. The van der Waals surface area contributed by atoms with Crippen molar-refractivity contribution < 1.29 is 24.1 Å². The molecule has 0 saturated carbocycles. The molecule has 0 bridgehead atoms. The van der Waals surface area contributed by atoms with Gasteiger partial charge in [0.2, 0.25) is 5.95 Å². The smallest absolute Gasteiger partial charge is 0.251 e. The van der Waals surface area contributed by atoms with Gasteiger partial charge in [-0.05, 0) is 19.1 Å². The van der Waals surface area contributed by atoms with Crippen LogP contribution in [0.2, 0.25) is 0 Å². The number of likely N-dealkylation sites (tertiary alicyclic amines) is 1. The number of anilines is 2. The predicted octanol–water partition coefficient (Wildman–Crippen LogP) is 1.80. The first-order valence-electron chi connectivity index (χ1n) is 10.7. The Hall–Kier alpha value is -3.73. The number of para-hydroxylation sites is 1. The van der Waals surface area contributed by atoms with Crippen molar-refractivity contribution in [3.63, 3.8) is 0 Å². The maximum absolute atomic E-state index is 15.0. The Morgan fingerprint density at radius 2 is 2.26 bits per heavy atom. The summed E-state index contributed by atoms with van der Waals surface area (Å²) in [6.07, 6.45) is -2.19. The van der Waals surface area contributed by atoms with Gasteiger partial charge in [-0.1, -0.05) is 6.07 Å². The highest BCUT2D eigenvalue weighted by atomic mass is 32.1. The van der Waals surface area contributed by atoms with Crippen molar-refractivity contribution in [3.05, 3.63) is 41.3 Å². The van der Waals surface area contributed by atoms with Gasteiger partial charge in [0.1, 0.15) is 41.0 Å². The third-order valence-electron chi connectivity index (χ3n) is 5.38. The molecule has 0 spiro atoms. The number of benzene rings is 1. The van der Waals surface area contributed by atoms with E-state index in [1.165, 1.54) is 29.5 Å². The average molecular weight is 500 g/mol. The number of carbonyl (C=O) groups excluding carboxylic acids is 1. The fourth-order valence-electron chi connectivity index (χ4n) is 3.63. The molecule has 4 rings (SSSR count). The molecule has 3 atom stereocenters. The number of halogens is 1. The van der Waals surface area contributed by atoms with Crippen LogP contribution < -0.4 is 10.1 Å². The van der Waals surface area contributed by atoms with Crippen molar-refractivity contribution in [1.82, 2.24) is 24.8 Å². The summed E-state index contributed by atoms with van der Waals surface area (Å²) in [5.74, 6) is -0.0268. The fourth-order valence-corrected chi connectivity index (χ4v) is 4.32. The zero-order chi connectivity index (χ0) is 24.9. The highest BCUT2D eigenvalue weighted by Crippen LogP contribution is 2.34. The Bertz CT molecular complexity index is 1250. The number of hydrogen-bond donors (Lipinski definition) is 3. The molecule has 182 valence electrons. The van der Waals surface area contributed by atoms with Crippen LogP contribution in [0.1, 0.15) is 24.6 Å². The summed E-state index contributed by atoms with van der Waals surface area (Å²) in [4.78, 5) is 30.0. The molecule has 13 heteroatoms. The van der Waals surface area contributed by atoms with Gasteiger partial charge in [0.05, 0.1) is 29.8 Å². The molecule has 11 nitrogen and oxygen atoms in total. The van der Waals surface area contributed by atoms with Crippen molar-refractivity contribution in [1.29, 1.82) is 5.26 Å². The summed E-state index contributed by atoms with van der Waals surface area (Å²) in [5, 5.41) is 32.1. The SMILES string of the molecule is C[C@H](O)C(=O)N1CC[C@H](Oc2c(C#N)cccc2-c2ncnc(Nc3scnc3CO)n2)[C@H](F)C1. The number of aromatic nitrogens is 4. The lowest BCUT2D eigenvalue weighted by molar-refractivity contribution is -0.143. The zero-order valence-corrected chi connectivity index (χ0v) is 19.4. The number of aliphatic hydroxyl groups excluding tert-OH is 2. The van der Waals surface area contributed by atoms with E-state index in [0.29, 0.717) is 16.3 Å². The molecule has 3 aromatic rings. The number of amides is 1. The number of aliphatic hydroxyl groups is 2. The van der Waals surface area contributed by atoms with Crippen molar-refractivity contribution >= 4 is 28.2 Å². The standard InChI is InChI=1S/C22H22FN7O4S/c1-12(32)21(33)30-6-5-17(15(23)8-30)34-18-13(7-24)3-2-4-14(18)19-25-10-26-22(28-19)29-20-16(9-31)27-11-35-20/h2-4,10-12,15,17,31-32H,5-6,8-9H2,1H3,(H,25,26,28,29)/t12-,15+,17-/m0/s1. The van der Waals surface area contributed by atoms with E-state index in [2.05, 4.69) is 31.3 Å². The monoisotopic (exact) mass is 499 g/mol. The number of piperidine rings is 1. The number of nitrogens with one attached hydrogen (secondary N) is 1. The van der Waals surface area contributed by atoms with E-state index >= 15 is 0 Å². The maximum atomic E-state index is 15.0. The van der Waals surface area contributed by atoms with Crippen molar-refractivity contribution in [3.8, 4) is 23.2 Å². The third-order valence-corrected chi connectivity index (χ3v) is 6.17. The van der Waals surface area contributed by atoms with E-state index in [1.54, 1.807) is 23.7 Å². The summed E-state index contributed by atoms with van der Waals surface area (Å²) < 4.78 is 21.0. The van der Waals surface area contributed by atoms with E-state index in [9.17, 15) is 24.7 Å². The van der Waals surface area contributed by atoms with Gasteiger partial charge >= 0.3 is 0 Å². The van der Waals surface area contributed by atoms with Crippen molar-refractivity contribution in [2.75, 3.05) is 18.4 Å². The maximum Gasteiger partial charge on any atom is 0.251 e. The number of alkyl halides is 1. The van der Waals surface area contributed by atoms with Crippen LogP contribution in [0.5, 0.6) is 5.75 Å². The predicted molar refractivity (Wildman–Crippen MR) is 123 cm³/mol. The number of carbonyl (C=O) groups is 1. The van der Waals surface area contributed by atoms with Crippen LogP contribution in [0.3, 0.4) is 0 Å². The first-order chi connectivity index (χ1) is 16.9. The molecule has 1 aliphatic heterocycles. The summed E-state index contributed by atoms with van der Waals surface area (Å²) >= 11 is 1.27. The third kappa shape index (κ3) is 5.35. The average Bonchev–Trinajstić information content (AvgIpc) is 3.31. The van der Waals surface area contributed by atoms with Crippen LogP contribution in [0.15, 0.2) is 30.0 Å². The molecule has 1 fully saturated rings. The minimum Gasteiger partial charge on any atom is -0.485 e. The highest BCUT2D eigenvalue weighted by Gasteiger charge is 2.35. The summed E-state index contributed by atoms with van der Waals surface area (Å²) in [6, 6.07) is 6.89. The Morgan fingerprint density at radius 3 is 2.97 bits per heavy atom. The molecule has 0 unspecified atom stereocenters. The van der Waals surface area contributed by atoms with E-state index in [4.69, 9.17) is 4.74 Å². The Kier molecular flexibility index (Phi) is 7.45. The van der Waals surface area contributed by atoms with Crippen LogP contribution in [-0.2, 0) is 11.4 Å². The number of ether oxygens (including phenoxy) is 1. The number of rotatable bonds is 7. The van der Waals surface area contributed by atoms with Gasteiger partial charge in [0.25, 0.3) is 5.91 Å². The second kappa shape index (κ2) is 10.7. The molecule has 35 heavy (non-hydrogen) atoms. The number of nitriles is 1. The molecule has 0 aliphatic carbocycles. The Balaban J connectivity index is 1.60. The lowest BCUT2D eigenvalue weighted by Gasteiger charge is -2.35. The molecule has 3 heterocycles. The molecule has 3 N–H and O–H groups in total. The van der Waals surface area contributed by atoms with Crippen LogP contribution >= 0.6 is 11.3 Å². The topological polar surface area (TPSA) is 157 Å². The second-order valence-electron chi connectivity index (χ2n) is 7.76. The van der Waals surface area contributed by atoms with Crippen LogP contribution in [0.4, 0.5) is 15.3 Å². The Morgan fingerprint density at radius 1 is 1.43 bits per heavy atom. The normalized spacial score (nSPS) is 18.5. The fraction of sp³-hybridized carbons (Fsp3) is 0.364. The Labute approximate surface area is 203 Å². The second-order valence-corrected chi connectivity index (χ2v) is 8.61. The summed E-state index contributed by atoms with van der Waals surface area (Å²) in [6.45, 7) is 1.07. The zero-order valence-electron chi connectivity index (χ0n) is 18.6. The lowest BCUT2D eigenvalue weighted by Crippen LogP contribution is -2.51. The summed E-state index contributed by atoms with van der Waals surface area (Å²) in [5.41, 5.74) is 2.57. The van der Waals surface area contributed by atoms with Gasteiger partial charge in [0.15, 0.2) is 12.0 Å². The quantitative estimate of drug-likeness (QED) is 0.438. The lowest BCUT2D eigenvalue weighted by atomic mass is 10.0. The van der Waals surface area contributed by atoms with E-state index < -0.39 is 24.3 Å². The van der Waals surface area contributed by atoms with Gasteiger partial charge in [-0.2, -0.15) is 10.2 Å². The summed E-state index contributed by atoms with van der Waals surface area (Å²) in [7, 11) is 0. The van der Waals surface area contributed by atoms with Gasteiger partial charge < -0.3 is 25.2 Å². The minimum absolute atomic E-state index is 0.129. The first kappa shape index (κ1) is 24.4. The van der Waals surface area contributed by atoms with Crippen LogP contribution in [0, 0.1) is 11.3 Å². The molecule has 1 saturated heterocycles. The van der Waals surface area contributed by atoms with E-state index in [0.717, 1.165) is 0 Å². The highest BCUT2D eigenvalue weighted by molar-refractivity contribution is 7.14. The molecule has 2 aromatic heterocycles. The molecule has 0 radical (unpaired) electrons. The van der Waals surface area contributed by atoms with Gasteiger partial charge in [-0.3, -0.25) is 4.79 Å². The van der Waals surface area contributed by atoms with E-state index in [-0.39, 0.29) is 49.2 Å². The molecular formula is C22H22FN7O4S. The van der Waals surface area contributed by atoms with Crippen molar-refractivity contribution in [2.45, 2.75) is 38.3 Å². The van der Waals surface area contributed by atoms with Gasteiger partial charge in [-0.25, -0.2) is 19.3 Å². The number of hydrogen-bond acceptors (Lipinski definition) is 11.